The minimum Gasteiger partial charge on any atom is -0.481 e. The van der Waals surface area contributed by atoms with Gasteiger partial charge in [-0.25, -0.2) is 4.99 Å². The first-order valence-corrected chi connectivity index (χ1v) is 6.91. The molecule has 0 amide bonds. The third kappa shape index (κ3) is 5.03. The molecular formula is C16H24N2O2. The van der Waals surface area contributed by atoms with Crippen molar-refractivity contribution in [1.82, 2.24) is 5.32 Å². The topological polar surface area (TPSA) is 61.7 Å². The molecule has 4 nitrogen and oxygen atoms in total. The van der Waals surface area contributed by atoms with Gasteiger partial charge in [-0.1, -0.05) is 18.2 Å². The van der Waals surface area contributed by atoms with E-state index in [1.54, 1.807) is 13.8 Å². The number of aliphatic carboxylic acids is 1. The van der Waals surface area contributed by atoms with E-state index < -0.39 is 11.4 Å². The lowest BCUT2D eigenvalue weighted by molar-refractivity contribution is -0.147. The maximum atomic E-state index is 11.0. The fourth-order valence-electron chi connectivity index (χ4n) is 1.82. The highest BCUT2D eigenvalue weighted by atomic mass is 16.4. The number of nitrogens with zero attached hydrogens (tertiary/aromatic N) is 1. The Morgan fingerprint density at radius 3 is 2.60 bits per heavy atom. The van der Waals surface area contributed by atoms with Crippen LogP contribution in [0.3, 0.4) is 0 Å². The zero-order chi connectivity index (χ0) is 15.2. The van der Waals surface area contributed by atoms with E-state index in [-0.39, 0.29) is 0 Å². The number of hydrogen-bond acceptors (Lipinski definition) is 2. The van der Waals surface area contributed by atoms with Crippen LogP contribution in [0.5, 0.6) is 0 Å². The summed E-state index contributed by atoms with van der Waals surface area (Å²) in [5.41, 5.74) is 1.44. The number of carboxylic acids is 1. The third-order valence-electron chi connectivity index (χ3n) is 3.34. The van der Waals surface area contributed by atoms with E-state index in [0.717, 1.165) is 30.1 Å². The van der Waals surface area contributed by atoms with Crippen molar-refractivity contribution in [2.24, 2.45) is 10.4 Å². The average molecular weight is 276 g/mol. The molecule has 20 heavy (non-hydrogen) atoms. The average Bonchev–Trinajstić information content (AvgIpc) is 2.37. The Morgan fingerprint density at radius 2 is 2.00 bits per heavy atom. The van der Waals surface area contributed by atoms with Crippen LogP contribution in [0.2, 0.25) is 0 Å². The standard InChI is InChI=1S/C16H24N2O2/c1-12-8-5-6-9-14(12)18-13(2)17-11-7-10-16(3,4)15(19)20/h5-6,8-9H,7,10-11H2,1-4H3,(H,17,18)(H,19,20). The molecule has 0 saturated heterocycles. The van der Waals surface area contributed by atoms with E-state index in [9.17, 15) is 4.79 Å². The molecule has 110 valence electrons. The molecular weight excluding hydrogens is 252 g/mol. The number of carboxylic acid groups (broad SMARTS) is 1. The van der Waals surface area contributed by atoms with Gasteiger partial charge in [-0.3, -0.25) is 4.79 Å². The summed E-state index contributed by atoms with van der Waals surface area (Å²) in [6.07, 6.45) is 1.45. The molecule has 0 fully saturated rings. The van der Waals surface area contributed by atoms with Gasteiger partial charge in [0, 0.05) is 6.54 Å². The van der Waals surface area contributed by atoms with Crippen molar-refractivity contribution in [3.8, 4) is 0 Å². The quantitative estimate of drug-likeness (QED) is 0.474. The van der Waals surface area contributed by atoms with E-state index in [1.165, 1.54) is 0 Å². The summed E-state index contributed by atoms with van der Waals surface area (Å²) in [6, 6.07) is 7.97. The normalized spacial score (nSPS) is 12.3. The van der Waals surface area contributed by atoms with Crippen LogP contribution < -0.4 is 5.32 Å². The molecule has 0 spiro atoms. The molecule has 0 aliphatic carbocycles. The van der Waals surface area contributed by atoms with Crippen molar-refractivity contribution in [2.45, 2.75) is 40.5 Å². The lowest BCUT2D eigenvalue weighted by atomic mass is 9.88. The number of carbonyl (C=O) groups is 1. The Bertz CT molecular complexity index is 493. The second kappa shape index (κ2) is 7.08. The Balaban J connectivity index is 2.43. The third-order valence-corrected chi connectivity index (χ3v) is 3.34. The van der Waals surface area contributed by atoms with E-state index in [1.807, 2.05) is 38.1 Å². The summed E-state index contributed by atoms with van der Waals surface area (Å²) in [4.78, 5) is 15.5. The van der Waals surface area contributed by atoms with Crippen LogP contribution >= 0.6 is 0 Å². The van der Waals surface area contributed by atoms with Crippen molar-refractivity contribution in [3.63, 3.8) is 0 Å². The highest BCUT2D eigenvalue weighted by Crippen LogP contribution is 2.22. The summed E-state index contributed by atoms with van der Waals surface area (Å²) in [6.45, 7) is 8.20. The molecule has 0 unspecified atom stereocenters. The number of aryl methyl sites for hydroxylation is 1. The molecule has 0 aliphatic heterocycles. The summed E-state index contributed by atoms with van der Waals surface area (Å²) in [5.74, 6) is 0.107. The first-order chi connectivity index (χ1) is 9.33. The van der Waals surface area contributed by atoms with Crippen LogP contribution in [0.1, 0.15) is 39.2 Å². The number of rotatable bonds is 6. The molecule has 0 heterocycles. The lowest BCUT2D eigenvalue weighted by Gasteiger charge is -2.18. The first-order valence-electron chi connectivity index (χ1n) is 6.91. The SMILES string of the molecule is C/C(=N\c1ccccc1C)NCCCC(C)(C)C(=O)O. The molecule has 0 saturated carbocycles. The van der Waals surface area contributed by atoms with Gasteiger partial charge in [-0.05, 0) is 52.2 Å². The molecule has 0 bridgehead atoms. The number of aliphatic imine (C=N–C) groups is 1. The van der Waals surface area contributed by atoms with Crippen LogP contribution in [-0.4, -0.2) is 23.5 Å². The number of amidine groups is 1. The Morgan fingerprint density at radius 1 is 1.35 bits per heavy atom. The van der Waals surface area contributed by atoms with Crippen LogP contribution in [0, 0.1) is 12.3 Å². The summed E-state index contributed by atoms with van der Waals surface area (Å²) < 4.78 is 0. The van der Waals surface area contributed by atoms with Crippen LogP contribution in [0.4, 0.5) is 5.69 Å². The van der Waals surface area contributed by atoms with Crippen molar-refractivity contribution in [2.75, 3.05) is 6.54 Å². The minimum absolute atomic E-state index is 0.646. The molecule has 0 radical (unpaired) electrons. The Kier molecular flexibility index (Phi) is 5.74. The monoisotopic (exact) mass is 276 g/mol. The van der Waals surface area contributed by atoms with Crippen molar-refractivity contribution in [1.29, 1.82) is 0 Å². The minimum atomic E-state index is -0.747. The smallest absolute Gasteiger partial charge is 0.309 e. The number of nitrogens with one attached hydrogen (secondary N) is 1. The zero-order valence-corrected chi connectivity index (χ0v) is 12.7. The van der Waals surface area contributed by atoms with Crippen LogP contribution in [0.15, 0.2) is 29.3 Å². The molecule has 2 N–H and O–H groups in total. The van der Waals surface area contributed by atoms with Gasteiger partial charge in [0.1, 0.15) is 0 Å². The molecule has 1 aromatic rings. The lowest BCUT2D eigenvalue weighted by Crippen LogP contribution is -2.27. The van der Waals surface area contributed by atoms with Crippen molar-refractivity contribution >= 4 is 17.5 Å². The van der Waals surface area contributed by atoms with Gasteiger partial charge >= 0.3 is 5.97 Å². The second-order valence-electron chi connectivity index (χ2n) is 5.70. The van der Waals surface area contributed by atoms with E-state index in [2.05, 4.69) is 10.3 Å². The van der Waals surface area contributed by atoms with E-state index in [0.29, 0.717) is 6.42 Å². The first kappa shape index (κ1) is 16.2. The van der Waals surface area contributed by atoms with E-state index in [4.69, 9.17) is 5.11 Å². The van der Waals surface area contributed by atoms with E-state index >= 15 is 0 Å². The van der Waals surface area contributed by atoms with Gasteiger partial charge in [0.05, 0.1) is 16.9 Å². The number of benzene rings is 1. The van der Waals surface area contributed by atoms with Crippen LogP contribution in [-0.2, 0) is 4.79 Å². The highest BCUT2D eigenvalue weighted by molar-refractivity contribution is 5.82. The van der Waals surface area contributed by atoms with Gasteiger partial charge in [-0.2, -0.15) is 0 Å². The predicted octanol–water partition coefficient (Wildman–Crippen LogP) is 3.53. The molecule has 0 aromatic heterocycles. The van der Waals surface area contributed by atoms with Gasteiger partial charge in [0.15, 0.2) is 0 Å². The fourth-order valence-corrected chi connectivity index (χ4v) is 1.82. The number of hydrogen-bond donors (Lipinski definition) is 2. The maximum Gasteiger partial charge on any atom is 0.309 e. The van der Waals surface area contributed by atoms with Gasteiger partial charge in [0.25, 0.3) is 0 Å². The highest BCUT2D eigenvalue weighted by Gasteiger charge is 2.25. The maximum absolute atomic E-state index is 11.0. The number of para-hydroxylation sites is 1. The Labute approximate surface area is 120 Å². The molecule has 0 aliphatic rings. The molecule has 4 heteroatoms. The fraction of sp³-hybridized carbons (Fsp3) is 0.500. The van der Waals surface area contributed by atoms with Crippen LogP contribution in [0.25, 0.3) is 0 Å². The zero-order valence-electron chi connectivity index (χ0n) is 12.7. The van der Waals surface area contributed by atoms with Crippen molar-refractivity contribution < 1.29 is 9.90 Å². The van der Waals surface area contributed by atoms with Gasteiger partial charge < -0.3 is 10.4 Å². The van der Waals surface area contributed by atoms with Gasteiger partial charge in [0.2, 0.25) is 0 Å². The largest absolute Gasteiger partial charge is 0.481 e. The second-order valence-corrected chi connectivity index (χ2v) is 5.70. The van der Waals surface area contributed by atoms with Gasteiger partial charge in [-0.15, -0.1) is 0 Å². The molecule has 0 atom stereocenters. The van der Waals surface area contributed by atoms with Crippen molar-refractivity contribution in [3.05, 3.63) is 29.8 Å². The predicted molar refractivity (Wildman–Crippen MR) is 82.6 cm³/mol. The molecule has 1 aromatic carbocycles. The summed E-state index contributed by atoms with van der Waals surface area (Å²) >= 11 is 0. The molecule has 1 rings (SSSR count). The summed E-state index contributed by atoms with van der Waals surface area (Å²) in [7, 11) is 0. The summed E-state index contributed by atoms with van der Waals surface area (Å²) in [5, 5.41) is 12.3. The Hall–Kier alpha value is -1.84.